The summed E-state index contributed by atoms with van der Waals surface area (Å²) in [5.41, 5.74) is 3.39. The fraction of sp³-hybridized carbons (Fsp3) is 0.462. The van der Waals surface area contributed by atoms with Gasteiger partial charge < -0.3 is 4.90 Å². The van der Waals surface area contributed by atoms with E-state index >= 15 is 0 Å². The van der Waals surface area contributed by atoms with E-state index in [2.05, 4.69) is 5.43 Å². The summed E-state index contributed by atoms with van der Waals surface area (Å²) in [5, 5.41) is 0.801. The van der Waals surface area contributed by atoms with E-state index in [4.69, 9.17) is 17.4 Å². The van der Waals surface area contributed by atoms with Gasteiger partial charge in [0, 0.05) is 10.6 Å². The van der Waals surface area contributed by atoms with Gasteiger partial charge in [-0.25, -0.2) is 5.84 Å². The molecule has 1 aliphatic heterocycles. The molecule has 18 heavy (non-hydrogen) atoms. The number of piperidine rings is 1. The molecule has 1 aliphatic rings. The Kier molecular flexibility index (Phi) is 4.58. The van der Waals surface area contributed by atoms with Crippen molar-refractivity contribution in [2.75, 3.05) is 13.1 Å². The number of hydrogen-bond donors (Lipinski definition) is 3. The number of amides is 1. The third-order valence-corrected chi connectivity index (χ3v) is 3.90. The van der Waals surface area contributed by atoms with Crippen molar-refractivity contribution in [3.8, 4) is 0 Å². The van der Waals surface area contributed by atoms with Gasteiger partial charge in [-0.3, -0.25) is 10.2 Å². The van der Waals surface area contributed by atoms with Crippen LogP contribution < -0.4 is 16.2 Å². The Hall–Kier alpha value is -1.10. The lowest BCUT2D eigenvalue weighted by Crippen LogP contribution is -3.12. The molecule has 2 atom stereocenters. The number of nitrogens with one attached hydrogen (secondary N) is 2. The molecule has 0 spiro atoms. The van der Waals surface area contributed by atoms with Gasteiger partial charge >= 0.3 is 0 Å². The fourth-order valence-electron chi connectivity index (χ4n) is 2.56. The molecule has 1 aromatic carbocycles. The second-order valence-corrected chi connectivity index (χ2v) is 5.23. The number of halogens is 1. The van der Waals surface area contributed by atoms with Crippen LogP contribution in [0, 0.1) is 5.92 Å². The molecule has 1 unspecified atom stereocenters. The molecular formula is C13H19ClN3O+. The Morgan fingerprint density at radius 1 is 1.50 bits per heavy atom. The second kappa shape index (κ2) is 6.18. The van der Waals surface area contributed by atoms with Crippen LogP contribution in [-0.2, 0) is 11.3 Å². The molecule has 4 N–H and O–H groups in total. The van der Waals surface area contributed by atoms with Gasteiger partial charge in [-0.05, 0) is 18.9 Å². The van der Waals surface area contributed by atoms with Crippen LogP contribution in [0.25, 0.3) is 0 Å². The van der Waals surface area contributed by atoms with Gasteiger partial charge in [0.2, 0.25) is 5.91 Å². The maximum absolute atomic E-state index is 11.6. The zero-order valence-electron chi connectivity index (χ0n) is 10.3. The molecule has 1 amide bonds. The Bertz CT molecular complexity index is 424. The van der Waals surface area contributed by atoms with E-state index < -0.39 is 0 Å². The van der Waals surface area contributed by atoms with Crippen LogP contribution in [-0.4, -0.2) is 19.0 Å². The zero-order chi connectivity index (χ0) is 13.0. The molecule has 1 fully saturated rings. The molecule has 4 nitrogen and oxygen atoms in total. The van der Waals surface area contributed by atoms with Crippen LogP contribution in [0.1, 0.15) is 18.4 Å². The van der Waals surface area contributed by atoms with E-state index in [9.17, 15) is 4.79 Å². The number of likely N-dealkylation sites (tertiary alicyclic amines) is 1. The van der Waals surface area contributed by atoms with E-state index in [0.29, 0.717) is 0 Å². The average Bonchev–Trinajstić information content (AvgIpc) is 2.41. The lowest BCUT2D eigenvalue weighted by Gasteiger charge is -2.29. The van der Waals surface area contributed by atoms with Gasteiger partial charge in [-0.1, -0.05) is 29.8 Å². The van der Waals surface area contributed by atoms with E-state index in [1.165, 1.54) is 4.90 Å². The van der Waals surface area contributed by atoms with Crippen molar-refractivity contribution in [3.05, 3.63) is 34.9 Å². The highest BCUT2D eigenvalue weighted by Crippen LogP contribution is 2.14. The maximum atomic E-state index is 11.6. The Morgan fingerprint density at radius 3 is 3.00 bits per heavy atom. The monoisotopic (exact) mass is 268 g/mol. The summed E-state index contributed by atoms with van der Waals surface area (Å²) in [6, 6.07) is 7.88. The molecular weight excluding hydrogens is 250 g/mol. The lowest BCUT2D eigenvalue weighted by molar-refractivity contribution is -0.921. The Morgan fingerprint density at radius 2 is 2.28 bits per heavy atom. The van der Waals surface area contributed by atoms with Gasteiger partial charge in [0.15, 0.2) is 0 Å². The van der Waals surface area contributed by atoms with Crippen LogP contribution in [0.2, 0.25) is 5.02 Å². The van der Waals surface area contributed by atoms with Crippen molar-refractivity contribution in [1.29, 1.82) is 0 Å². The highest BCUT2D eigenvalue weighted by molar-refractivity contribution is 6.31. The van der Waals surface area contributed by atoms with E-state index in [1.807, 2.05) is 24.3 Å². The first-order chi connectivity index (χ1) is 8.70. The third kappa shape index (κ3) is 3.22. The number of carbonyl (C=O) groups is 1. The smallest absolute Gasteiger partial charge is 0.242 e. The molecule has 1 heterocycles. The summed E-state index contributed by atoms with van der Waals surface area (Å²) in [4.78, 5) is 12.9. The summed E-state index contributed by atoms with van der Waals surface area (Å²) in [6.45, 7) is 2.78. The molecule has 0 saturated carbocycles. The summed E-state index contributed by atoms with van der Waals surface area (Å²) < 4.78 is 0. The van der Waals surface area contributed by atoms with Gasteiger partial charge in [0.25, 0.3) is 0 Å². The highest BCUT2D eigenvalue weighted by Gasteiger charge is 2.28. The minimum atomic E-state index is -0.0497. The van der Waals surface area contributed by atoms with Crippen molar-refractivity contribution in [3.63, 3.8) is 0 Å². The molecule has 0 aliphatic carbocycles. The number of benzene rings is 1. The first-order valence-electron chi connectivity index (χ1n) is 6.28. The van der Waals surface area contributed by atoms with Crippen molar-refractivity contribution in [2.45, 2.75) is 19.4 Å². The number of hydrazine groups is 1. The van der Waals surface area contributed by atoms with Crippen molar-refractivity contribution >= 4 is 17.5 Å². The summed E-state index contributed by atoms with van der Waals surface area (Å²) in [7, 11) is 0. The maximum Gasteiger partial charge on any atom is 0.242 e. The minimum absolute atomic E-state index is 0.0289. The molecule has 0 aromatic heterocycles. The Labute approximate surface area is 112 Å². The molecule has 2 rings (SSSR count). The third-order valence-electron chi connectivity index (χ3n) is 3.53. The van der Waals surface area contributed by atoms with Gasteiger partial charge in [0.05, 0.1) is 19.0 Å². The van der Waals surface area contributed by atoms with Crippen LogP contribution in [0.3, 0.4) is 0 Å². The first kappa shape index (κ1) is 13.3. The standard InChI is InChI=1S/C13H18ClN3O/c14-12-6-2-1-4-10(12)8-17-7-3-5-11(9-17)13(18)16-15/h1-2,4,6,11H,3,5,7-9,15H2,(H,16,18)/p+1/t11-/m0/s1. The Balaban J connectivity index is 1.98. The predicted molar refractivity (Wildman–Crippen MR) is 70.9 cm³/mol. The molecule has 0 radical (unpaired) electrons. The van der Waals surface area contributed by atoms with Gasteiger partial charge in [-0.2, -0.15) is 0 Å². The van der Waals surface area contributed by atoms with Crippen LogP contribution in [0.5, 0.6) is 0 Å². The van der Waals surface area contributed by atoms with Crippen LogP contribution >= 0.6 is 11.6 Å². The molecule has 0 bridgehead atoms. The molecule has 1 saturated heterocycles. The lowest BCUT2D eigenvalue weighted by atomic mass is 9.97. The number of carbonyl (C=O) groups excluding carboxylic acids is 1. The van der Waals surface area contributed by atoms with Gasteiger partial charge in [-0.15, -0.1) is 0 Å². The fourth-order valence-corrected chi connectivity index (χ4v) is 2.77. The van der Waals surface area contributed by atoms with Crippen LogP contribution in [0.15, 0.2) is 24.3 Å². The summed E-state index contributed by atoms with van der Waals surface area (Å²) in [5.74, 6) is 5.17. The van der Waals surface area contributed by atoms with Crippen molar-refractivity contribution < 1.29 is 9.69 Å². The van der Waals surface area contributed by atoms with Crippen molar-refractivity contribution in [1.82, 2.24) is 5.43 Å². The number of rotatable bonds is 3. The average molecular weight is 269 g/mol. The zero-order valence-corrected chi connectivity index (χ0v) is 11.0. The topological polar surface area (TPSA) is 59.6 Å². The molecule has 5 heteroatoms. The number of nitrogens with two attached hydrogens (primary N) is 1. The second-order valence-electron chi connectivity index (χ2n) is 4.82. The van der Waals surface area contributed by atoms with E-state index in [1.54, 1.807) is 0 Å². The quantitative estimate of drug-likeness (QED) is 0.415. The van der Waals surface area contributed by atoms with E-state index in [0.717, 1.165) is 43.1 Å². The minimum Gasteiger partial charge on any atom is -0.330 e. The van der Waals surface area contributed by atoms with Crippen LogP contribution in [0.4, 0.5) is 0 Å². The summed E-state index contributed by atoms with van der Waals surface area (Å²) >= 11 is 6.16. The molecule has 1 aromatic rings. The van der Waals surface area contributed by atoms with Gasteiger partial charge in [0.1, 0.15) is 6.54 Å². The van der Waals surface area contributed by atoms with E-state index in [-0.39, 0.29) is 11.8 Å². The summed E-state index contributed by atoms with van der Waals surface area (Å²) in [6.07, 6.45) is 1.98. The first-order valence-corrected chi connectivity index (χ1v) is 6.66. The largest absolute Gasteiger partial charge is 0.330 e. The van der Waals surface area contributed by atoms with Crippen molar-refractivity contribution in [2.24, 2.45) is 11.8 Å². The SMILES string of the molecule is NNC(=O)[C@H]1CCC[NH+](Cc2ccccc2Cl)C1. The highest BCUT2D eigenvalue weighted by atomic mass is 35.5. The molecule has 98 valence electrons. The predicted octanol–water partition coefficient (Wildman–Crippen LogP) is 0.125. The number of hydrogen-bond acceptors (Lipinski definition) is 2. The number of quaternary nitrogens is 1. The normalized spacial score (nSPS) is 23.7.